The van der Waals surface area contributed by atoms with Gasteiger partial charge in [-0.2, -0.15) is 4.98 Å². The Labute approximate surface area is 149 Å². The van der Waals surface area contributed by atoms with Crippen molar-refractivity contribution in [1.82, 2.24) is 25.3 Å². The van der Waals surface area contributed by atoms with Gasteiger partial charge in [0.15, 0.2) is 5.82 Å². The first-order valence-electron chi connectivity index (χ1n) is 7.99. The second kappa shape index (κ2) is 8.06. The Morgan fingerprint density at radius 1 is 1.24 bits per heavy atom. The quantitative estimate of drug-likeness (QED) is 0.633. The maximum absolute atomic E-state index is 12.9. The summed E-state index contributed by atoms with van der Waals surface area (Å²) >= 11 is 1.44. The van der Waals surface area contributed by atoms with Gasteiger partial charge in [0.25, 0.3) is 0 Å². The zero-order valence-corrected chi connectivity index (χ0v) is 14.8. The number of rotatable bonds is 7. The zero-order valence-electron chi connectivity index (χ0n) is 13.9. The number of halogens is 1. The molecule has 0 amide bonds. The number of hydrogen-bond donors (Lipinski definition) is 1. The van der Waals surface area contributed by atoms with E-state index in [-0.39, 0.29) is 11.1 Å². The van der Waals surface area contributed by atoms with Gasteiger partial charge in [-0.05, 0) is 37.1 Å². The summed E-state index contributed by atoms with van der Waals surface area (Å²) in [6.07, 6.45) is 5.42. The van der Waals surface area contributed by atoms with E-state index in [1.165, 1.54) is 23.9 Å². The van der Waals surface area contributed by atoms with E-state index >= 15 is 0 Å². The highest BCUT2D eigenvalue weighted by molar-refractivity contribution is 7.99. The Bertz CT molecular complexity index is 843. The van der Waals surface area contributed by atoms with Crippen LogP contribution in [-0.4, -0.2) is 25.3 Å². The summed E-state index contributed by atoms with van der Waals surface area (Å²) in [5.74, 6) is 1.66. The standard InChI is InChI=1S/C17H18FN5OS/c1-3-4-15-19-16(24-23-15)11(2)25-17-20-14(21-22-17)10-7-12-5-8-13(18)9-6-12/h5-11H,3-4H2,1-2H3,(H,20,21,22)/b10-7+. The first-order chi connectivity index (χ1) is 12.1. The van der Waals surface area contributed by atoms with E-state index in [1.54, 1.807) is 18.2 Å². The normalized spacial score (nSPS) is 12.8. The first kappa shape index (κ1) is 17.3. The van der Waals surface area contributed by atoms with Crippen LogP contribution in [0.1, 0.15) is 48.6 Å². The molecule has 0 aliphatic rings. The van der Waals surface area contributed by atoms with Crippen LogP contribution >= 0.6 is 11.8 Å². The molecule has 0 spiro atoms. The lowest BCUT2D eigenvalue weighted by Gasteiger charge is -2.00. The molecule has 0 saturated heterocycles. The number of H-pyrrole nitrogens is 1. The van der Waals surface area contributed by atoms with Crippen LogP contribution in [0.5, 0.6) is 0 Å². The average molecular weight is 359 g/mol. The molecular weight excluding hydrogens is 341 g/mol. The van der Waals surface area contributed by atoms with Crippen molar-refractivity contribution in [1.29, 1.82) is 0 Å². The molecule has 0 aliphatic heterocycles. The summed E-state index contributed by atoms with van der Waals surface area (Å²) in [5.41, 5.74) is 0.884. The third-order valence-corrected chi connectivity index (χ3v) is 4.32. The second-order valence-corrected chi connectivity index (χ2v) is 6.75. The van der Waals surface area contributed by atoms with E-state index in [4.69, 9.17) is 4.52 Å². The number of aryl methyl sites for hydroxylation is 1. The molecule has 1 atom stereocenters. The van der Waals surface area contributed by atoms with Crippen LogP contribution < -0.4 is 0 Å². The fourth-order valence-corrected chi connectivity index (χ4v) is 2.86. The van der Waals surface area contributed by atoms with Gasteiger partial charge in [0.1, 0.15) is 11.6 Å². The summed E-state index contributed by atoms with van der Waals surface area (Å²) in [5, 5.41) is 11.6. The predicted molar refractivity (Wildman–Crippen MR) is 94.3 cm³/mol. The fraction of sp³-hybridized carbons (Fsp3) is 0.294. The summed E-state index contributed by atoms with van der Waals surface area (Å²) in [6, 6.07) is 6.23. The van der Waals surface area contributed by atoms with Gasteiger partial charge in [0.2, 0.25) is 11.0 Å². The van der Waals surface area contributed by atoms with Gasteiger partial charge in [0, 0.05) is 6.42 Å². The van der Waals surface area contributed by atoms with Gasteiger partial charge in [-0.15, -0.1) is 5.10 Å². The van der Waals surface area contributed by atoms with Gasteiger partial charge in [0.05, 0.1) is 5.25 Å². The Morgan fingerprint density at radius 3 is 2.80 bits per heavy atom. The molecule has 0 bridgehead atoms. The number of nitrogens with one attached hydrogen (secondary N) is 1. The smallest absolute Gasteiger partial charge is 0.239 e. The Kier molecular flexibility index (Phi) is 5.60. The number of hydrogen-bond acceptors (Lipinski definition) is 6. The number of aromatic amines is 1. The van der Waals surface area contributed by atoms with Crippen LogP contribution in [0.2, 0.25) is 0 Å². The molecule has 0 fully saturated rings. The Morgan fingerprint density at radius 2 is 2.04 bits per heavy atom. The summed E-state index contributed by atoms with van der Waals surface area (Å²) in [6.45, 7) is 4.04. The molecule has 2 aromatic heterocycles. The van der Waals surface area contributed by atoms with Crippen LogP contribution in [0, 0.1) is 5.82 Å². The molecule has 0 radical (unpaired) electrons. The third kappa shape index (κ3) is 4.76. The number of benzene rings is 1. The predicted octanol–water partition coefficient (Wildman–Crippen LogP) is 4.30. The van der Waals surface area contributed by atoms with Crippen molar-refractivity contribution in [2.75, 3.05) is 0 Å². The van der Waals surface area contributed by atoms with Crippen molar-refractivity contribution in [2.24, 2.45) is 0 Å². The largest absolute Gasteiger partial charge is 0.338 e. The van der Waals surface area contributed by atoms with E-state index in [2.05, 4.69) is 32.2 Å². The lowest BCUT2D eigenvalue weighted by atomic mass is 10.2. The van der Waals surface area contributed by atoms with Crippen LogP contribution in [0.3, 0.4) is 0 Å². The minimum absolute atomic E-state index is 0.0390. The van der Waals surface area contributed by atoms with Crippen molar-refractivity contribution < 1.29 is 8.91 Å². The molecule has 25 heavy (non-hydrogen) atoms. The molecule has 3 rings (SSSR count). The molecule has 6 nitrogen and oxygen atoms in total. The SMILES string of the molecule is CCCc1noc(C(C)Sc2n[nH]c(/C=C/c3ccc(F)cc3)n2)n1. The van der Waals surface area contributed by atoms with Gasteiger partial charge in [-0.25, -0.2) is 9.37 Å². The molecule has 0 saturated carbocycles. The van der Waals surface area contributed by atoms with Crippen LogP contribution in [0.15, 0.2) is 33.9 Å². The van der Waals surface area contributed by atoms with E-state index in [9.17, 15) is 4.39 Å². The Balaban J connectivity index is 1.61. The van der Waals surface area contributed by atoms with E-state index in [0.29, 0.717) is 16.9 Å². The van der Waals surface area contributed by atoms with E-state index < -0.39 is 0 Å². The van der Waals surface area contributed by atoms with E-state index in [0.717, 1.165) is 24.2 Å². The third-order valence-electron chi connectivity index (χ3n) is 3.37. The molecule has 2 heterocycles. The summed E-state index contributed by atoms with van der Waals surface area (Å²) in [4.78, 5) is 8.77. The maximum atomic E-state index is 12.9. The maximum Gasteiger partial charge on any atom is 0.239 e. The molecular formula is C17H18FN5OS. The minimum Gasteiger partial charge on any atom is -0.338 e. The van der Waals surface area contributed by atoms with Crippen molar-refractivity contribution in [2.45, 2.75) is 37.1 Å². The molecule has 0 aliphatic carbocycles. The van der Waals surface area contributed by atoms with Crippen LogP contribution in [0.4, 0.5) is 4.39 Å². The summed E-state index contributed by atoms with van der Waals surface area (Å²) < 4.78 is 18.2. The number of nitrogens with zero attached hydrogens (tertiary/aromatic N) is 4. The Hall–Kier alpha value is -2.48. The number of aromatic nitrogens is 5. The van der Waals surface area contributed by atoms with Crippen molar-refractivity contribution in [3.8, 4) is 0 Å². The lowest BCUT2D eigenvalue weighted by molar-refractivity contribution is 0.374. The highest BCUT2D eigenvalue weighted by Crippen LogP contribution is 2.31. The minimum atomic E-state index is -0.257. The molecule has 1 aromatic carbocycles. The van der Waals surface area contributed by atoms with Crippen molar-refractivity contribution in [3.05, 3.63) is 53.2 Å². The van der Waals surface area contributed by atoms with Crippen LogP contribution in [0.25, 0.3) is 12.2 Å². The number of thioether (sulfide) groups is 1. The zero-order chi connectivity index (χ0) is 17.6. The topological polar surface area (TPSA) is 80.5 Å². The molecule has 1 unspecified atom stereocenters. The monoisotopic (exact) mass is 359 g/mol. The fourth-order valence-electron chi connectivity index (χ4n) is 2.10. The second-order valence-electron chi connectivity index (χ2n) is 5.45. The van der Waals surface area contributed by atoms with Gasteiger partial charge in [-0.3, -0.25) is 5.10 Å². The first-order valence-corrected chi connectivity index (χ1v) is 8.87. The highest BCUT2D eigenvalue weighted by Gasteiger charge is 2.17. The molecule has 3 aromatic rings. The lowest BCUT2D eigenvalue weighted by Crippen LogP contribution is -1.91. The molecule has 8 heteroatoms. The highest BCUT2D eigenvalue weighted by atomic mass is 32.2. The molecule has 130 valence electrons. The van der Waals surface area contributed by atoms with Crippen LogP contribution in [-0.2, 0) is 6.42 Å². The molecule has 1 N–H and O–H groups in total. The average Bonchev–Trinajstić information content (AvgIpc) is 3.24. The van der Waals surface area contributed by atoms with Gasteiger partial charge < -0.3 is 4.52 Å². The van der Waals surface area contributed by atoms with E-state index in [1.807, 2.05) is 13.0 Å². The summed E-state index contributed by atoms with van der Waals surface area (Å²) in [7, 11) is 0. The van der Waals surface area contributed by atoms with Gasteiger partial charge in [-0.1, -0.05) is 42.1 Å². The van der Waals surface area contributed by atoms with Gasteiger partial charge >= 0.3 is 0 Å². The van der Waals surface area contributed by atoms with Crippen molar-refractivity contribution in [3.63, 3.8) is 0 Å². The van der Waals surface area contributed by atoms with Crippen molar-refractivity contribution >= 4 is 23.9 Å².